The van der Waals surface area contributed by atoms with Gasteiger partial charge in [0.15, 0.2) is 0 Å². The summed E-state index contributed by atoms with van der Waals surface area (Å²) >= 11 is 0. The molecule has 0 aromatic heterocycles. The Kier molecular flexibility index (Phi) is 539. The van der Waals surface area contributed by atoms with Gasteiger partial charge in [0.2, 0.25) is 0 Å². The summed E-state index contributed by atoms with van der Waals surface area (Å²) in [7, 11) is 0. The van der Waals surface area contributed by atoms with Crippen LogP contribution in [0.4, 0.5) is 0 Å². The van der Waals surface area contributed by atoms with Gasteiger partial charge in [-0.2, -0.15) is 0 Å². The van der Waals surface area contributed by atoms with Crippen molar-refractivity contribution in [2.24, 2.45) is 0 Å². The third kappa shape index (κ3) is 41.3. The second-order valence-electron chi connectivity index (χ2n) is 0. The van der Waals surface area contributed by atoms with Gasteiger partial charge in [0.25, 0.3) is 0 Å². The number of rotatable bonds is 0. The van der Waals surface area contributed by atoms with Crippen molar-refractivity contribution in [3.63, 3.8) is 0 Å². The van der Waals surface area contributed by atoms with Gasteiger partial charge in [-0.15, -0.1) is 0 Å². The van der Waals surface area contributed by atoms with E-state index in [1.165, 1.54) is 0 Å². The summed E-state index contributed by atoms with van der Waals surface area (Å²) in [4.78, 5) is 0. The Morgan fingerprint density at radius 1 is 0.571 bits per heavy atom. The molecule has 7 heavy (non-hydrogen) atoms. The smallest absolute Gasteiger partial charge is 0.870 e. The zero-order valence-corrected chi connectivity index (χ0v) is 12.6. The van der Waals surface area contributed by atoms with Crippen LogP contribution in [0.25, 0.3) is 0 Å². The molecule has 0 radical (unpaired) electrons. The van der Waals surface area contributed by atoms with Crippen molar-refractivity contribution in [3.8, 4) is 0 Å². The maximum absolute atomic E-state index is 0. The van der Waals surface area contributed by atoms with Crippen molar-refractivity contribution >= 4 is 0 Å². The molecule has 0 aromatic carbocycles. The van der Waals surface area contributed by atoms with Crippen LogP contribution in [-0.4, -0.2) is 21.9 Å². The molecule has 0 heterocycles. The quantitative estimate of drug-likeness (QED) is 0.393. The summed E-state index contributed by atoms with van der Waals surface area (Å²) in [5.74, 6) is 0. The summed E-state index contributed by atoms with van der Waals surface area (Å²) in [6.07, 6.45) is 0. The van der Waals surface area contributed by atoms with Gasteiger partial charge in [0, 0.05) is 21.1 Å². The van der Waals surface area contributed by atoms with Crippen molar-refractivity contribution in [2.45, 2.75) is 0 Å². The van der Waals surface area contributed by atoms with Gasteiger partial charge in [-0.1, -0.05) is 0 Å². The van der Waals surface area contributed by atoms with Crippen LogP contribution >= 0.6 is 0 Å². The van der Waals surface area contributed by atoms with Crippen LogP contribution in [0, 0.1) is 0 Å². The Balaban J connectivity index is 0. The van der Waals surface area contributed by atoms with Crippen molar-refractivity contribution in [2.75, 3.05) is 0 Å². The van der Waals surface area contributed by atoms with Crippen molar-refractivity contribution in [3.05, 3.63) is 0 Å². The van der Waals surface area contributed by atoms with E-state index in [4.69, 9.17) is 0 Å². The summed E-state index contributed by atoms with van der Waals surface area (Å²) in [5.41, 5.74) is 0. The zero-order valence-electron chi connectivity index (χ0n) is 4.30. The Bertz CT molecular complexity index is 9.65. The van der Waals surface area contributed by atoms with E-state index in [-0.39, 0.29) is 146 Å². The van der Waals surface area contributed by atoms with Crippen LogP contribution in [0.1, 0.15) is 0 Å². The fourth-order valence-corrected chi connectivity index (χ4v) is 0. The predicted octanol–water partition coefficient (Wildman–Crippen LogP) is -8.00. The Morgan fingerprint density at radius 2 is 0.571 bits per heavy atom. The van der Waals surface area contributed by atoms with Crippen LogP contribution < -0.4 is 103 Å². The standard InChI is InChI=1S/2K.Mo.4H2O/h;;;4*1H2/q2*+1;;;;;/p-2. The largest absolute Gasteiger partial charge is 1.00 e. The van der Waals surface area contributed by atoms with E-state index in [1.54, 1.807) is 0 Å². The topological polar surface area (TPSA) is 123 Å². The third-order valence-electron chi connectivity index (χ3n) is 0. The minimum absolute atomic E-state index is 0. The minimum Gasteiger partial charge on any atom is -0.870 e. The Hall–Kier alpha value is 3.80. The normalized spacial score (nSPS) is 0. The number of hydrogen-bond acceptors (Lipinski definition) is 2. The van der Waals surface area contributed by atoms with Gasteiger partial charge >= 0.3 is 103 Å². The predicted molar refractivity (Wildman–Crippen MR) is 11.1 cm³/mol. The second-order valence-corrected chi connectivity index (χ2v) is 0. The van der Waals surface area contributed by atoms with E-state index in [0.29, 0.717) is 0 Å². The summed E-state index contributed by atoms with van der Waals surface area (Å²) < 4.78 is 0. The molecule has 0 saturated heterocycles. The number of hydrogen-bond donors (Lipinski definition) is 0. The van der Waals surface area contributed by atoms with Crippen LogP contribution in [-0.2, 0) is 21.1 Å². The molecule has 0 unspecified atom stereocenters. The molecular weight excluding hydrogens is 238 g/mol. The first-order chi connectivity index (χ1) is 0. The first-order valence-electron chi connectivity index (χ1n) is 0. The molecule has 7 heteroatoms. The molecule has 0 atom stereocenters. The van der Waals surface area contributed by atoms with Gasteiger partial charge in [0.1, 0.15) is 0 Å². The van der Waals surface area contributed by atoms with Crippen LogP contribution in [0.3, 0.4) is 0 Å². The van der Waals surface area contributed by atoms with Crippen LogP contribution in [0.15, 0.2) is 0 Å². The van der Waals surface area contributed by atoms with Gasteiger partial charge in [-0.3, -0.25) is 0 Å². The molecule has 0 aliphatic heterocycles. The van der Waals surface area contributed by atoms with E-state index in [9.17, 15) is 0 Å². The van der Waals surface area contributed by atoms with Gasteiger partial charge in [-0.25, -0.2) is 0 Å². The van der Waals surface area contributed by atoms with Gasteiger partial charge < -0.3 is 21.9 Å². The van der Waals surface area contributed by atoms with E-state index in [0.717, 1.165) is 0 Å². The molecule has 6 N–H and O–H groups in total. The molecule has 0 aromatic rings. The Labute approximate surface area is 142 Å². The van der Waals surface area contributed by atoms with Gasteiger partial charge in [-0.05, 0) is 0 Å². The molecule has 4 nitrogen and oxygen atoms in total. The second kappa shape index (κ2) is 52.5. The average Bonchev–Trinajstić information content (AvgIpc) is 0. The first kappa shape index (κ1) is 71.8. The summed E-state index contributed by atoms with van der Waals surface area (Å²) in [6, 6.07) is 0. The van der Waals surface area contributed by atoms with Crippen LogP contribution in [0.5, 0.6) is 0 Å². The molecule has 0 aliphatic rings. The molecule has 0 fully saturated rings. The molecular formula is H6K2MoO4. The maximum Gasteiger partial charge on any atom is 1.00 e. The third-order valence-corrected chi connectivity index (χ3v) is 0. The van der Waals surface area contributed by atoms with Crippen LogP contribution in [0.2, 0.25) is 0 Å². The van der Waals surface area contributed by atoms with Gasteiger partial charge in [0.05, 0.1) is 0 Å². The average molecular weight is 244 g/mol. The fraction of sp³-hybridized carbons (Fsp3) is 0. The zero-order chi connectivity index (χ0) is 0. The molecule has 0 spiro atoms. The SMILES string of the molecule is O.O.[K+].[K+].[Mo].[OH-].[OH-]. The summed E-state index contributed by atoms with van der Waals surface area (Å²) in [6.45, 7) is 0. The molecule has 0 rings (SSSR count). The van der Waals surface area contributed by atoms with Crippen molar-refractivity contribution < 1.29 is 146 Å². The summed E-state index contributed by atoms with van der Waals surface area (Å²) in [5, 5.41) is 0. The molecule has 38 valence electrons. The minimum atomic E-state index is 0. The molecule has 0 amide bonds. The van der Waals surface area contributed by atoms with E-state index >= 15 is 0 Å². The monoisotopic (exact) mass is 246 g/mol. The van der Waals surface area contributed by atoms with E-state index in [2.05, 4.69) is 0 Å². The molecule has 0 saturated carbocycles. The maximum atomic E-state index is 0. The molecule has 0 aliphatic carbocycles. The van der Waals surface area contributed by atoms with E-state index in [1.807, 2.05) is 0 Å². The molecule has 0 bridgehead atoms. The fourth-order valence-electron chi connectivity index (χ4n) is 0. The first-order valence-corrected chi connectivity index (χ1v) is 0. The Morgan fingerprint density at radius 3 is 0.571 bits per heavy atom. The van der Waals surface area contributed by atoms with Crippen molar-refractivity contribution in [1.29, 1.82) is 0 Å². The van der Waals surface area contributed by atoms with E-state index < -0.39 is 0 Å². The van der Waals surface area contributed by atoms with Crippen molar-refractivity contribution in [1.82, 2.24) is 0 Å².